The van der Waals surface area contributed by atoms with Gasteiger partial charge in [-0.25, -0.2) is 4.79 Å². The Morgan fingerprint density at radius 2 is 2.64 bits per heavy atom. The predicted molar refractivity (Wildman–Crippen MR) is 38.9 cm³/mol. The first-order valence-corrected chi connectivity index (χ1v) is 3.48. The number of aliphatic hydroxyl groups is 1. The number of carbonyl (C=O) groups is 1. The van der Waals surface area contributed by atoms with Crippen LogP contribution in [0.25, 0.3) is 0 Å². The molecule has 4 heteroatoms. The summed E-state index contributed by atoms with van der Waals surface area (Å²) in [5.74, 6) is 0. The molecule has 1 rings (SSSR count). The van der Waals surface area contributed by atoms with Crippen LogP contribution in [0, 0.1) is 0 Å². The first kappa shape index (κ1) is 8.07. The Balaban J connectivity index is 2.53. The fourth-order valence-corrected chi connectivity index (χ4v) is 1.07. The highest BCUT2D eigenvalue weighted by molar-refractivity contribution is 5.71. The van der Waals surface area contributed by atoms with Crippen LogP contribution >= 0.6 is 0 Å². The molecule has 0 aromatic carbocycles. The summed E-state index contributed by atoms with van der Waals surface area (Å²) in [5, 5.41) is 8.60. The predicted octanol–water partition coefficient (Wildman–Crippen LogP) is 0.333. The van der Waals surface area contributed by atoms with Crippen LogP contribution in [0.3, 0.4) is 0 Å². The summed E-state index contributed by atoms with van der Waals surface area (Å²) in [6, 6.07) is -0.0370. The van der Waals surface area contributed by atoms with E-state index in [-0.39, 0.29) is 18.7 Å². The van der Waals surface area contributed by atoms with Crippen LogP contribution in [-0.2, 0) is 4.74 Å². The maximum absolute atomic E-state index is 10.8. The van der Waals surface area contributed by atoms with Crippen molar-refractivity contribution in [1.82, 2.24) is 4.90 Å². The minimum Gasteiger partial charge on any atom is -0.447 e. The molecule has 0 saturated carbocycles. The number of aliphatic hydroxyl groups excluding tert-OH is 1. The second-order valence-corrected chi connectivity index (χ2v) is 2.33. The van der Waals surface area contributed by atoms with Crippen LogP contribution in [0.2, 0.25) is 0 Å². The zero-order valence-electron chi connectivity index (χ0n) is 6.19. The van der Waals surface area contributed by atoms with Crippen molar-refractivity contribution in [2.45, 2.75) is 12.5 Å². The van der Waals surface area contributed by atoms with Crippen molar-refractivity contribution in [3.63, 3.8) is 0 Å². The molecule has 1 saturated heterocycles. The van der Waals surface area contributed by atoms with Crippen LogP contribution < -0.4 is 0 Å². The molecule has 1 aliphatic rings. The highest BCUT2D eigenvalue weighted by Crippen LogP contribution is 2.14. The van der Waals surface area contributed by atoms with Gasteiger partial charge in [0.25, 0.3) is 0 Å². The molecule has 1 amide bonds. The van der Waals surface area contributed by atoms with E-state index in [4.69, 9.17) is 9.84 Å². The quantitative estimate of drug-likeness (QED) is 0.642. The van der Waals surface area contributed by atoms with E-state index in [9.17, 15) is 4.79 Å². The molecule has 1 heterocycles. The first-order valence-electron chi connectivity index (χ1n) is 3.48. The van der Waals surface area contributed by atoms with E-state index in [0.717, 1.165) is 0 Å². The highest BCUT2D eigenvalue weighted by Gasteiger charge is 2.29. The average molecular weight is 157 g/mol. The summed E-state index contributed by atoms with van der Waals surface area (Å²) >= 11 is 0. The van der Waals surface area contributed by atoms with Crippen molar-refractivity contribution in [2.75, 3.05) is 13.2 Å². The number of cyclic esters (lactones) is 1. The van der Waals surface area contributed by atoms with Crippen LogP contribution in [0.4, 0.5) is 4.79 Å². The molecule has 1 aliphatic heterocycles. The van der Waals surface area contributed by atoms with Gasteiger partial charge in [0.15, 0.2) is 0 Å². The first-order chi connectivity index (χ1) is 5.29. The number of nitrogens with zero attached hydrogens (tertiary/aromatic N) is 1. The SMILES string of the molecule is C=CN1C(=O)OC[C@@H]1CCO. The summed E-state index contributed by atoms with van der Waals surface area (Å²) in [5.41, 5.74) is 0. The molecule has 0 radical (unpaired) electrons. The van der Waals surface area contributed by atoms with Crippen molar-refractivity contribution in [1.29, 1.82) is 0 Å². The lowest BCUT2D eigenvalue weighted by Crippen LogP contribution is -2.28. The van der Waals surface area contributed by atoms with Gasteiger partial charge >= 0.3 is 6.09 Å². The number of ether oxygens (including phenoxy) is 1. The molecule has 1 N–H and O–H groups in total. The van der Waals surface area contributed by atoms with Crippen LogP contribution in [-0.4, -0.2) is 35.4 Å². The molecule has 0 aromatic heterocycles. The number of carbonyl (C=O) groups excluding carboxylic acids is 1. The monoisotopic (exact) mass is 157 g/mol. The minimum absolute atomic E-state index is 0.0370. The standard InChI is InChI=1S/C7H11NO3/c1-2-8-6(3-4-9)5-11-7(8)10/h2,6,9H,1,3-5H2/t6-/m0/s1. The van der Waals surface area contributed by atoms with Crippen molar-refractivity contribution in [3.8, 4) is 0 Å². The number of amides is 1. The maximum atomic E-state index is 10.8. The number of rotatable bonds is 3. The van der Waals surface area contributed by atoms with Gasteiger partial charge in [0.2, 0.25) is 0 Å². The smallest absolute Gasteiger partial charge is 0.414 e. The number of hydrogen-bond donors (Lipinski definition) is 1. The van der Waals surface area contributed by atoms with E-state index in [2.05, 4.69) is 6.58 Å². The van der Waals surface area contributed by atoms with E-state index in [1.807, 2.05) is 0 Å². The zero-order valence-corrected chi connectivity index (χ0v) is 6.19. The van der Waals surface area contributed by atoms with E-state index < -0.39 is 0 Å². The Hall–Kier alpha value is -1.03. The highest BCUT2D eigenvalue weighted by atomic mass is 16.6. The third-order valence-electron chi connectivity index (χ3n) is 1.66. The second kappa shape index (κ2) is 3.39. The van der Waals surface area contributed by atoms with E-state index in [1.165, 1.54) is 11.1 Å². The van der Waals surface area contributed by atoms with Crippen LogP contribution in [0.5, 0.6) is 0 Å². The van der Waals surface area contributed by atoms with E-state index >= 15 is 0 Å². The van der Waals surface area contributed by atoms with Gasteiger partial charge in [-0.2, -0.15) is 0 Å². The van der Waals surface area contributed by atoms with E-state index in [1.54, 1.807) is 0 Å². The van der Waals surface area contributed by atoms with Gasteiger partial charge in [-0.15, -0.1) is 0 Å². The summed E-state index contributed by atoms with van der Waals surface area (Å²) in [6.07, 6.45) is 1.59. The van der Waals surface area contributed by atoms with Crippen molar-refractivity contribution >= 4 is 6.09 Å². The summed E-state index contributed by atoms with van der Waals surface area (Å²) < 4.78 is 4.73. The van der Waals surface area contributed by atoms with Crippen molar-refractivity contribution < 1.29 is 14.6 Å². The van der Waals surface area contributed by atoms with Gasteiger partial charge < -0.3 is 9.84 Å². The van der Waals surface area contributed by atoms with Crippen molar-refractivity contribution in [3.05, 3.63) is 12.8 Å². The lowest BCUT2D eigenvalue weighted by molar-refractivity contribution is 0.166. The van der Waals surface area contributed by atoms with Crippen LogP contribution in [0.1, 0.15) is 6.42 Å². The normalized spacial score (nSPS) is 23.5. The Morgan fingerprint density at radius 3 is 3.18 bits per heavy atom. The number of hydrogen-bond acceptors (Lipinski definition) is 3. The molecule has 0 unspecified atom stereocenters. The van der Waals surface area contributed by atoms with Gasteiger partial charge in [-0.05, 0) is 6.42 Å². The van der Waals surface area contributed by atoms with Gasteiger partial charge in [0.1, 0.15) is 6.61 Å². The second-order valence-electron chi connectivity index (χ2n) is 2.33. The summed E-state index contributed by atoms with van der Waals surface area (Å²) in [6.45, 7) is 3.88. The van der Waals surface area contributed by atoms with Crippen molar-refractivity contribution in [2.24, 2.45) is 0 Å². The third-order valence-corrected chi connectivity index (χ3v) is 1.66. The topological polar surface area (TPSA) is 49.8 Å². The molecule has 0 aromatic rings. The van der Waals surface area contributed by atoms with Gasteiger partial charge in [0, 0.05) is 12.8 Å². The average Bonchev–Trinajstić information content (AvgIpc) is 2.33. The summed E-state index contributed by atoms with van der Waals surface area (Å²) in [4.78, 5) is 12.2. The zero-order chi connectivity index (χ0) is 8.27. The maximum Gasteiger partial charge on any atom is 0.414 e. The van der Waals surface area contributed by atoms with Gasteiger partial charge in [-0.3, -0.25) is 4.90 Å². The lowest BCUT2D eigenvalue weighted by Gasteiger charge is -2.14. The molecule has 0 spiro atoms. The fraction of sp³-hybridized carbons (Fsp3) is 0.571. The van der Waals surface area contributed by atoms with Gasteiger partial charge in [0.05, 0.1) is 6.04 Å². The molecule has 4 nitrogen and oxygen atoms in total. The molecule has 1 fully saturated rings. The van der Waals surface area contributed by atoms with Crippen LogP contribution in [0.15, 0.2) is 12.8 Å². The Morgan fingerprint density at radius 1 is 1.91 bits per heavy atom. The largest absolute Gasteiger partial charge is 0.447 e. The third kappa shape index (κ3) is 1.51. The minimum atomic E-state index is -0.376. The summed E-state index contributed by atoms with van der Waals surface area (Å²) in [7, 11) is 0. The molecule has 0 bridgehead atoms. The van der Waals surface area contributed by atoms with E-state index in [0.29, 0.717) is 13.0 Å². The molecular weight excluding hydrogens is 146 g/mol. The molecular formula is C7H11NO3. The molecule has 11 heavy (non-hydrogen) atoms. The fourth-order valence-electron chi connectivity index (χ4n) is 1.07. The molecule has 62 valence electrons. The Kier molecular flexibility index (Phi) is 2.48. The molecule has 0 aliphatic carbocycles. The Labute approximate surface area is 65.1 Å². The Bertz CT molecular complexity index is 169. The van der Waals surface area contributed by atoms with Gasteiger partial charge in [-0.1, -0.05) is 6.58 Å². The lowest BCUT2D eigenvalue weighted by atomic mass is 10.2. The molecule has 1 atom stereocenters.